The van der Waals surface area contributed by atoms with Crippen molar-refractivity contribution in [3.8, 4) is 0 Å². The fourth-order valence-electron chi connectivity index (χ4n) is 2.65. The third-order valence-corrected chi connectivity index (χ3v) is 3.45. The monoisotopic (exact) mass is 204 g/mol. The van der Waals surface area contributed by atoms with E-state index in [4.69, 9.17) is 0 Å². The van der Waals surface area contributed by atoms with Gasteiger partial charge in [-0.05, 0) is 34.9 Å². The van der Waals surface area contributed by atoms with Gasteiger partial charge in [0.2, 0.25) is 0 Å². The first-order chi connectivity index (χ1) is 7.04. The molecule has 0 bridgehead atoms. The van der Waals surface area contributed by atoms with Crippen molar-refractivity contribution in [3.63, 3.8) is 0 Å². The van der Waals surface area contributed by atoms with Crippen molar-refractivity contribution < 1.29 is 5.11 Å². The van der Waals surface area contributed by atoms with E-state index >= 15 is 0 Å². The summed E-state index contributed by atoms with van der Waals surface area (Å²) in [7, 11) is 0. The van der Waals surface area contributed by atoms with Crippen LogP contribution in [0.15, 0.2) is 18.2 Å². The SMILES string of the molecule is CCCc1ccc2c(c1)[C@H](O)CC2(C)C. The summed E-state index contributed by atoms with van der Waals surface area (Å²) in [6.07, 6.45) is 2.88. The average Bonchev–Trinajstić information content (AvgIpc) is 2.38. The molecule has 1 N–H and O–H groups in total. The van der Waals surface area contributed by atoms with E-state index in [9.17, 15) is 5.11 Å². The van der Waals surface area contributed by atoms with Crippen LogP contribution < -0.4 is 0 Å². The molecule has 2 rings (SSSR count). The minimum Gasteiger partial charge on any atom is -0.388 e. The molecule has 1 aromatic carbocycles. The summed E-state index contributed by atoms with van der Waals surface area (Å²) in [5.41, 5.74) is 3.98. The van der Waals surface area contributed by atoms with Gasteiger partial charge >= 0.3 is 0 Å². The predicted octanol–water partition coefficient (Wildman–Crippen LogP) is 3.35. The highest BCUT2D eigenvalue weighted by Gasteiger charge is 2.35. The van der Waals surface area contributed by atoms with E-state index in [1.165, 1.54) is 11.1 Å². The summed E-state index contributed by atoms with van der Waals surface area (Å²) in [5, 5.41) is 10.0. The number of aliphatic hydroxyl groups is 1. The van der Waals surface area contributed by atoms with Gasteiger partial charge in [0.25, 0.3) is 0 Å². The van der Waals surface area contributed by atoms with Crippen LogP contribution in [-0.4, -0.2) is 5.11 Å². The van der Waals surface area contributed by atoms with Crippen LogP contribution >= 0.6 is 0 Å². The second-order valence-corrected chi connectivity index (χ2v) is 5.28. The maximum Gasteiger partial charge on any atom is 0.0801 e. The maximum absolute atomic E-state index is 10.0. The molecule has 82 valence electrons. The van der Waals surface area contributed by atoms with Crippen molar-refractivity contribution in [1.82, 2.24) is 0 Å². The lowest BCUT2D eigenvalue weighted by Crippen LogP contribution is -2.12. The van der Waals surface area contributed by atoms with E-state index in [2.05, 4.69) is 39.0 Å². The second kappa shape index (κ2) is 3.64. The Bertz CT molecular complexity index is 366. The van der Waals surface area contributed by atoms with Crippen LogP contribution in [-0.2, 0) is 11.8 Å². The van der Waals surface area contributed by atoms with Gasteiger partial charge in [-0.1, -0.05) is 45.4 Å². The highest BCUT2D eigenvalue weighted by atomic mass is 16.3. The summed E-state index contributed by atoms with van der Waals surface area (Å²) in [4.78, 5) is 0. The molecule has 0 fully saturated rings. The van der Waals surface area contributed by atoms with Crippen molar-refractivity contribution in [2.45, 2.75) is 51.6 Å². The van der Waals surface area contributed by atoms with Crippen LogP contribution in [0.25, 0.3) is 0 Å². The van der Waals surface area contributed by atoms with Crippen molar-refractivity contribution >= 4 is 0 Å². The molecule has 0 amide bonds. The summed E-state index contributed by atoms with van der Waals surface area (Å²) in [5.74, 6) is 0. The molecule has 0 heterocycles. The van der Waals surface area contributed by atoms with Crippen LogP contribution in [0.4, 0.5) is 0 Å². The van der Waals surface area contributed by atoms with Gasteiger partial charge in [0.15, 0.2) is 0 Å². The third-order valence-electron chi connectivity index (χ3n) is 3.45. The largest absolute Gasteiger partial charge is 0.388 e. The van der Waals surface area contributed by atoms with Gasteiger partial charge in [-0.3, -0.25) is 0 Å². The Morgan fingerprint density at radius 1 is 1.40 bits per heavy atom. The highest BCUT2D eigenvalue weighted by molar-refractivity contribution is 5.42. The smallest absolute Gasteiger partial charge is 0.0801 e. The van der Waals surface area contributed by atoms with Crippen molar-refractivity contribution in [1.29, 1.82) is 0 Å². The molecule has 1 aliphatic rings. The zero-order valence-corrected chi connectivity index (χ0v) is 9.88. The van der Waals surface area contributed by atoms with Crippen molar-refractivity contribution in [2.24, 2.45) is 0 Å². The molecular weight excluding hydrogens is 184 g/mol. The van der Waals surface area contributed by atoms with Crippen molar-refractivity contribution in [2.75, 3.05) is 0 Å². The first-order valence-corrected chi connectivity index (χ1v) is 5.86. The van der Waals surface area contributed by atoms with Gasteiger partial charge < -0.3 is 5.11 Å². The molecule has 1 aliphatic carbocycles. The quantitative estimate of drug-likeness (QED) is 0.783. The van der Waals surface area contributed by atoms with Crippen LogP contribution in [0.3, 0.4) is 0 Å². The van der Waals surface area contributed by atoms with E-state index in [0.717, 1.165) is 24.8 Å². The Balaban J connectivity index is 2.41. The van der Waals surface area contributed by atoms with Gasteiger partial charge in [-0.2, -0.15) is 0 Å². The first-order valence-electron chi connectivity index (χ1n) is 5.86. The lowest BCUT2D eigenvalue weighted by Gasteiger charge is -2.18. The molecule has 0 saturated carbocycles. The number of hydrogen-bond donors (Lipinski definition) is 1. The molecule has 0 aromatic heterocycles. The molecule has 15 heavy (non-hydrogen) atoms. The summed E-state index contributed by atoms with van der Waals surface area (Å²) in [6, 6.07) is 6.61. The zero-order chi connectivity index (χ0) is 11.1. The molecule has 0 unspecified atom stereocenters. The summed E-state index contributed by atoms with van der Waals surface area (Å²) < 4.78 is 0. The molecule has 0 spiro atoms. The van der Waals surface area contributed by atoms with Gasteiger partial charge in [0.05, 0.1) is 6.10 Å². The van der Waals surface area contributed by atoms with E-state index < -0.39 is 0 Å². The molecule has 0 radical (unpaired) electrons. The number of aryl methyl sites for hydroxylation is 1. The van der Waals surface area contributed by atoms with Crippen LogP contribution in [0.2, 0.25) is 0 Å². The molecule has 1 nitrogen and oxygen atoms in total. The number of fused-ring (bicyclic) bond motifs is 1. The first kappa shape index (κ1) is 10.7. The Kier molecular flexibility index (Phi) is 2.59. The molecule has 1 heteroatoms. The Morgan fingerprint density at radius 3 is 2.80 bits per heavy atom. The normalized spacial score (nSPS) is 22.8. The molecule has 1 atom stereocenters. The molecule has 1 aromatic rings. The van der Waals surface area contributed by atoms with Gasteiger partial charge in [0.1, 0.15) is 0 Å². The number of benzene rings is 1. The topological polar surface area (TPSA) is 20.2 Å². The number of rotatable bonds is 2. The van der Waals surface area contributed by atoms with Gasteiger partial charge in [-0.25, -0.2) is 0 Å². The van der Waals surface area contributed by atoms with E-state index in [1.54, 1.807) is 0 Å². The Morgan fingerprint density at radius 2 is 2.13 bits per heavy atom. The van der Waals surface area contributed by atoms with Crippen molar-refractivity contribution in [3.05, 3.63) is 34.9 Å². The lowest BCUT2D eigenvalue weighted by molar-refractivity contribution is 0.161. The fraction of sp³-hybridized carbons (Fsp3) is 0.571. The van der Waals surface area contributed by atoms with Crippen LogP contribution in [0, 0.1) is 0 Å². The molecular formula is C14H20O. The van der Waals surface area contributed by atoms with E-state index in [0.29, 0.717) is 0 Å². The zero-order valence-electron chi connectivity index (χ0n) is 9.88. The molecule has 0 aliphatic heterocycles. The van der Waals surface area contributed by atoms with Gasteiger partial charge in [-0.15, -0.1) is 0 Å². The Labute approximate surface area is 92.1 Å². The number of hydrogen-bond acceptors (Lipinski definition) is 1. The summed E-state index contributed by atoms with van der Waals surface area (Å²) in [6.45, 7) is 6.61. The van der Waals surface area contributed by atoms with E-state index in [-0.39, 0.29) is 11.5 Å². The predicted molar refractivity (Wildman–Crippen MR) is 63.0 cm³/mol. The highest BCUT2D eigenvalue weighted by Crippen LogP contribution is 2.44. The minimum absolute atomic E-state index is 0.138. The molecule has 0 saturated heterocycles. The van der Waals surface area contributed by atoms with E-state index in [1.807, 2.05) is 0 Å². The Hall–Kier alpha value is -0.820. The minimum atomic E-state index is -0.258. The van der Waals surface area contributed by atoms with Crippen LogP contribution in [0.1, 0.15) is 56.4 Å². The third kappa shape index (κ3) is 1.81. The average molecular weight is 204 g/mol. The number of aliphatic hydroxyl groups excluding tert-OH is 1. The second-order valence-electron chi connectivity index (χ2n) is 5.28. The summed E-state index contributed by atoms with van der Waals surface area (Å²) >= 11 is 0. The lowest BCUT2D eigenvalue weighted by atomic mass is 9.86. The fourth-order valence-corrected chi connectivity index (χ4v) is 2.65. The maximum atomic E-state index is 10.0. The standard InChI is InChI=1S/C14H20O/c1-4-5-10-6-7-12-11(8-10)13(15)9-14(12,2)3/h6-8,13,15H,4-5,9H2,1-3H3/t13-/m1/s1. The van der Waals surface area contributed by atoms with Gasteiger partial charge in [0, 0.05) is 0 Å². The van der Waals surface area contributed by atoms with Crippen LogP contribution in [0.5, 0.6) is 0 Å².